The van der Waals surface area contributed by atoms with E-state index in [1.165, 1.54) is 4.90 Å². The molecule has 5 atom stereocenters. The van der Waals surface area contributed by atoms with Gasteiger partial charge in [-0.3, -0.25) is 19.9 Å². The van der Waals surface area contributed by atoms with Crippen molar-refractivity contribution in [2.24, 2.45) is 11.8 Å². The number of benzene rings is 2. The van der Waals surface area contributed by atoms with Gasteiger partial charge in [-0.2, -0.15) is 0 Å². The van der Waals surface area contributed by atoms with Gasteiger partial charge in [0.15, 0.2) is 0 Å². The molecule has 146 valence electrons. The SMILES string of the molecule is Cc1ccc(C2=C3[C@@H](ON2)[C@H]2O[C@@H]3[C@H]3C(=O)N(c4ccc(Cl)cc4)C(=O)[C@@H]23)cc1. The molecule has 0 unspecified atom stereocenters. The lowest BCUT2D eigenvalue weighted by Gasteiger charge is -2.22. The van der Waals surface area contributed by atoms with Gasteiger partial charge in [-0.05, 0) is 31.2 Å². The number of rotatable bonds is 2. The molecule has 3 saturated heterocycles. The van der Waals surface area contributed by atoms with Crippen LogP contribution < -0.4 is 10.4 Å². The number of fused-ring (bicyclic) bond motifs is 8. The van der Waals surface area contributed by atoms with Crippen LogP contribution in [0.25, 0.3) is 5.70 Å². The summed E-state index contributed by atoms with van der Waals surface area (Å²) in [5, 5.41) is 0.554. The number of nitrogens with zero attached hydrogens (tertiary/aromatic N) is 1. The molecule has 2 aromatic carbocycles. The molecule has 7 heteroatoms. The Balaban J connectivity index is 1.40. The fraction of sp³-hybridized carbons (Fsp3) is 0.273. The van der Waals surface area contributed by atoms with Crippen molar-refractivity contribution in [2.45, 2.75) is 25.2 Å². The number of ether oxygens (including phenoxy) is 1. The minimum Gasteiger partial charge on any atom is -0.366 e. The molecule has 1 N–H and O–H groups in total. The normalized spacial score (nSPS) is 32.1. The number of imide groups is 1. The van der Waals surface area contributed by atoms with E-state index in [4.69, 9.17) is 21.2 Å². The van der Waals surface area contributed by atoms with Crippen LogP contribution >= 0.6 is 11.6 Å². The third kappa shape index (κ3) is 2.25. The highest BCUT2D eigenvalue weighted by Gasteiger charge is 2.69. The van der Waals surface area contributed by atoms with Crippen LogP contribution in [0, 0.1) is 18.8 Å². The highest BCUT2D eigenvalue weighted by Crippen LogP contribution is 2.55. The van der Waals surface area contributed by atoms with Crippen LogP contribution in [0.4, 0.5) is 5.69 Å². The number of hydrogen-bond acceptors (Lipinski definition) is 5. The highest BCUT2D eigenvalue weighted by atomic mass is 35.5. The summed E-state index contributed by atoms with van der Waals surface area (Å²) in [6, 6.07) is 14.8. The quantitative estimate of drug-likeness (QED) is 0.774. The Morgan fingerprint density at radius 3 is 2.34 bits per heavy atom. The second-order valence-electron chi connectivity index (χ2n) is 7.90. The minimum atomic E-state index is -0.531. The number of halogens is 1. The van der Waals surface area contributed by atoms with Crippen LogP contribution in [0.1, 0.15) is 11.1 Å². The van der Waals surface area contributed by atoms with E-state index >= 15 is 0 Å². The first kappa shape index (κ1) is 17.2. The van der Waals surface area contributed by atoms with Crippen molar-refractivity contribution in [1.82, 2.24) is 5.48 Å². The van der Waals surface area contributed by atoms with E-state index in [9.17, 15) is 9.59 Å². The molecule has 0 aliphatic carbocycles. The van der Waals surface area contributed by atoms with Crippen LogP contribution in [0.3, 0.4) is 0 Å². The summed E-state index contributed by atoms with van der Waals surface area (Å²) in [5.74, 6) is -1.52. The summed E-state index contributed by atoms with van der Waals surface area (Å²) in [5.41, 5.74) is 7.46. The lowest BCUT2D eigenvalue weighted by molar-refractivity contribution is -0.126. The minimum absolute atomic E-state index is 0.226. The molecule has 4 aliphatic heterocycles. The first-order chi connectivity index (χ1) is 14.0. The number of carbonyl (C=O) groups is 2. The Morgan fingerprint density at radius 2 is 1.62 bits per heavy atom. The molecule has 2 bridgehead atoms. The lowest BCUT2D eigenvalue weighted by Crippen LogP contribution is -2.40. The fourth-order valence-corrected chi connectivity index (χ4v) is 5.09. The van der Waals surface area contributed by atoms with E-state index in [0.29, 0.717) is 10.7 Å². The Morgan fingerprint density at radius 1 is 0.931 bits per heavy atom. The van der Waals surface area contributed by atoms with E-state index in [0.717, 1.165) is 22.4 Å². The monoisotopic (exact) mass is 408 g/mol. The summed E-state index contributed by atoms with van der Waals surface area (Å²) in [6.07, 6.45) is -1.29. The van der Waals surface area contributed by atoms with Gasteiger partial charge in [0.2, 0.25) is 11.8 Å². The Hall–Kier alpha value is -2.67. The molecular formula is C22H17ClN2O4. The summed E-state index contributed by atoms with van der Waals surface area (Å²) >= 11 is 5.95. The van der Waals surface area contributed by atoms with Crippen molar-refractivity contribution in [2.75, 3.05) is 4.90 Å². The molecule has 0 aromatic heterocycles. The molecule has 4 heterocycles. The van der Waals surface area contributed by atoms with Crippen molar-refractivity contribution in [3.63, 3.8) is 0 Å². The van der Waals surface area contributed by atoms with Crippen LogP contribution in [-0.4, -0.2) is 30.1 Å². The number of hydroxylamine groups is 1. The predicted octanol–water partition coefficient (Wildman–Crippen LogP) is 2.85. The van der Waals surface area contributed by atoms with Crippen molar-refractivity contribution in [3.05, 3.63) is 70.3 Å². The van der Waals surface area contributed by atoms with Gasteiger partial charge in [0.1, 0.15) is 12.2 Å². The molecule has 6 rings (SSSR count). The van der Waals surface area contributed by atoms with Crippen molar-refractivity contribution in [1.29, 1.82) is 0 Å². The molecule has 29 heavy (non-hydrogen) atoms. The molecule has 2 amide bonds. The molecule has 4 aliphatic rings. The van der Waals surface area contributed by atoms with Gasteiger partial charge in [0.05, 0.1) is 29.3 Å². The van der Waals surface area contributed by atoms with E-state index in [-0.39, 0.29) is 17.9 Å². The van der Waals surface area contributed by atoms with Gasteiger partial charge in [-0.15, -0.1) is 0 Å². The molecule has 0 spiro atoms. The van der Waals surface area contributed by atoms with Crippen LogP contribution in [0.5, 0.6) is 0 Å². The molecule has 2 aromatic rings. The maximum absolute atomic E-state index is 13.3. The Bertz CT molecular complexity index is 1080. The van der Waals surface area contributed by atoms with Crippen LogP contribution in [0.2, 0.25) is 5.02 Å². The zero-order valence-corrected chi connectivity index (χ0v) is 16.2. The van der Waals surface area contributed by atoms with Crippen LogP contribution in [-0.2, 0) is 19.2 Å². The average Bonchev–Trinajstić information content (AvgIpc) is 3.44. The Kier molecular flexibility index (Phi) is 3.51. The smallest absolute Gasteiger partial charge is 0.240 e. The third-order valence-electron chi connectivity index (χ3n) is 6.29. The standard InChI is InChI=1S/C22H17ClN2O4/c1-10-2-4-11(5-3-10)17-16-18-14-15(19(28-18)20(16)29-24-17)22(27)25(21(14)26)13-8-6-12(23)7-9-13/h2-9,14-15,18-20,24H,1H3/t14-,15+,18+,19-,20+/m0/s1. The first-order valence-corrected chi connectivity index (χ1v) is 9.94. The predicted molar refractivity (Wildman–Crippen MR) is 106 cm³/mol. The van der Waals surface area contributed by atoms with Gasteiger partial charge >= 0.3 is 0 Å². The molecule has 0 saturated carbocycles. The lowest BCUT2D eigenvalue weighted by atomic mass is 9.76. The van der Waals surface area contributed by atoms with Gasteiger partial charge < -0.3 is 4.74 Å². The number of carbonyl (C=O) groups excluding carboxylic acids is 2. The maximum atomic E-state index is 13.3. The first-order valence-electron chi connectivity index (χ1n) is 9.56. The maximum Gasteiger partial charge on any atom is 0.240 e. The second-order valence-corrected chi connectivity index (χ2v) is 8.33. The summed E-state index contributed by atoms with van der Waals surface area (Å²) in [4.78, 5) is 33.5. The largest absolute Gasteiger partial charge is 0.366 e. The summed E-state index contributed by atoms with van der Waals surface area (Å²) in [6.45, 7) is 2.03. The zero-order chi connectivity index (χ0) is 19.9. The molecule has 3 fully saturated rings. The fourth-order valence-electron chi connectivity index (χ4n) is 4.97. The van der Waals surface area contributed by atoms with E-state index in [1.807, 2.05) is 31.2 Å². The van der Waals surface area contributed by atoms with Crippen molar-refractivity contribution >= 4 is 34.8 Å². The van der Waals surface area contributed by atoms with E-state index < -0.39 is 24.0 Å². The summed E-state index contributed by atoms with van der Waals surface area (Å²) < 4.78 is 6.11. The molecular weight excluding hydrogens is 392 g/mol. The van der Waals surface area contributed by atoms with Crippen LogP contribution in [0.15, 0.2) is 54.1 Å². The van der Waals surface area contributed by atoms with Gasteiger partial charge in [0.25, 0.3) is 0 Å². The molecule has 0 radical (unpaired) electrons. The van der Waals surface area contributed by atoms with Gasteiger partial charge in [-0.25, -0.2) is 4.90 Å². The number of nitrogens with one attached hydrogen (secondary N) is 1. The van der Waals surface area contributed by atoms with Gasteiger partial charge in [-0.1, -0.05) is 41.4 Å². The van der Waals surface area contributed by atoms with E-state index in [2.05, 4.69) is 5.48 Å². The van der Waals surface area contributed by atoms with Crippen molar-refractivity contribution < 1.29 is 19.2 Å². The van der Waals surface area contributed by atoms with E-state index in [1.54, 1.807) is 24.3 Å². The number of amides is 2. The topological polar surface area (TPSA) is 67.9 Å². The average molecular weight is 409 g/mol. The Labute approximate surface area is 172 Å². The second kappa shape index (κ2) is 5.92. The summed E-state index contributed by atoms with van der Waals surface area (Å²) in [7, 11) is 0. The number of anilines is 1. The highest BCUT2D eigenvalue weighted by molar-refractivity contribution is 6.31. The third-order valence-corrected chi connectivity index (χ3v) is 6.55. The van der Waals surface area contributed by atoms with Gasteiger partial charge in [0, 0.05) is 16.2 Å². The number of aryl methyl sites for hydroxylation is 1. The number of hydrogen-bond donors (Lipinski definition) is 1. The molecule has 6 nitrogen and oxygen atoms in total. The zero-order valence-electron chi connectivity index (χ0n) is 15.5. The van der Waals surface area contributed by atoms with Crippen molar-refractivity contribution in [3.8, 4) is 0 Å².